The second kappa shape index (κ2) is 9.46. The molecule has 1 N–H and O–H groups in total. The molecule has 31 heavy (non-hydrogen) atoms. The molecule has 0 saturated heterocycles. The molecule has 1 amide bonds. The third kappa shape index (κ3) is 5.14. The monoisotopic (exact) mass is 466 g/mol. The van der Waals surface area contributed by atoms with Gasteiger partial charge in [-0.2, -0.15) is 0 Å². The zero-order chi connectivity index (χ0) is 22.8. The SMILES string of the molecule is CC(C)[C@H](NC(=O)c1cc(S(=O)(=O)N(C)C)ccc1Cl)c1ccc2c(c1)OCCCO2. The van der Waals surface area contributed by atoms with Crippen LogP contribution in [-0.2, 0) is 10.0 Å². The number of hydrogen-bond acceptors (Lipinski definition) is 5. The van der Waals surface area contributed by atoms with Crippen molar-refractivity contribution in [2.75, 3.05) is 27.3 Å². The van der Waals surface area contributed by atoms with Crippen LogP contribution in [0.1, 0.15) is 42.2 Å². The number of halogens is 1. The first-order chi connectivity index (χ1) is 14.6. The Bertz CT molecular complexity index is 1070. The zero-order valence-corrected chi connectivity index (χ0v) is 19.6. The van der Waals surface area contributed by atoms with Gasteiger partial charge in [0, 0.05) is 20.5 Å². The van der Waals surface area contributed by atoms with Crippen molar-refractivity contribution in [2.45, 2.75) is 31.2 Å². The number of nitrogens with zero attached hydrogens (tertiary/aromatic N) is 1. The molecule has 0 unspecified atom stereocenters. The number of benzene rings is 2. The van der Waals surface area contributed by atoms with Crippen molar-refractivity contribution in [1.29, 1.82) is 0 Å². The van der Waals surface area contributed by atoms with Gasteiger partial charge in [-0.3, -0.25) is 4.79 Å². The van der Waals surface area contributed by atoms with Crippen LogP contribution in [0, 0.1) is 5.92 Å². The molecule has 0 bridgehead atoms. The topological polar surface area (TPSA) is 84.9 Å². The molecule has 2 aromatic rings. The number of hydrogen-bond donors (Lipinski definition) is 1. The summed E-state index contributed by atoms with van der Waals surface area (Å²) < 4.78 is 37.5. The highest BCUT2D eigenvalue weighted by atomic mass is 35.5. The van der Waals surface area contributed by atoms with Crippen molar-refractivity contribution < 1.29 is 22.7 Å². The number of carbonyl (C=O) groups excluding carboxylic acids is 1. The largest absolute Gasteiger partial charge is 0.490 e. The molecular formula is C22H27ClN2O5S. The fourth-order valence-corrected chi connectivity index (χ4v) is 4.41. The Morgan fingerprint density at radius 3 is 2.39 bits per heavy atom. The van der Waals surface area contributed by atoms with Gasteiger partial charge in [0.25, 0.3) is 5.91 Å². The molecular weight excluding hydrogens is 440 g/mol. The Morgan fingerprint density at radius 1 is 1.06 bits per heavy atom. The lowest BCUT2D eigenvalue weighted by atomic mass is 9.95. The van der Waals surface area contributed by atoms with E-state index in [-0.39, 0.29) is 27.4 Å². The third-order valence-corrected chi connectivity index (χ3v) is 7.19. The van der Waals surface area contributed by atoms with Crippen molar-refractivity contribution in [1.82, 2.24) is 9.62 Å². The summed E-state index contributed by atoms with van der Waals surface area (Å²) in [6.45, 7) is 5.14. The number of rotatable bonds is 6. The van der Waals surface area contributed by atoms with Gasteiger partial charge in [-0.15, -0.1) is 0 Å². The van der Waals surface area contributed by atoms with E-state index in [0.717, 1.165) is 16.3 Å². The highest BCUT2D eigenvalue weighted by Crippen LogP contribution is 2.34. The Morgan fingerprint density at radius 2 is 1.74 bits per heavy atom. The van der Waals surface area contributed by atoms with E-state index in [0.29, 0.717) is 24.7 Å². The fourth-order valence-electron chi connectivity index (χ4n) is 3.28. The van der Waals surface area contributed by atoms with Gasteiger partial charge in [-0.1, -0.05) is 31.5 Å². The summed E-state index contributed by atoms with van der Waals surface area (Å²) in [5.74, 6) is 0.930. The maximum absolute atomic E-state index is 13.1. The standard InChI is InChI=1S/C22H27ClN2O5S/c1-14(2)21(15-6-9-19-20(12-15)30-11-5-10-29-19)24-22(26)17-13-16(7-8-18(17)23)31(27,28)25(3)4/h6-9,12-14,21H,5,10-11H2,1-4H3,(H,24,26)/t21-/m0/s1. The lowest BCUT2D eigenvalue weighted by Gasteiger charge is -2.24. The first kappa shape index (κ1) is 23.4. The van der Waals surface area contributed by atoms with Crippen LogP contribution in [0.3, 0.4) is 0 Å². The summed E-state index contributed by atoms with van der Waals surface area (Å²) in [6, 6.07) is 9.39. The van der Waals surface area contributed by atoms with Crippen molar-refractivity contribution in [3.63, 3.8) is 0 Å². The minimum atomic E-state index is -3.70. The second-order valence-electron chi connectivity index (χ2n) is 7.88. The highest BCUT2D eigenvalue weighted by Gasteiger charge is 2.25. The first-order valence-corrected chi connectivity index (χ1v) is 11.9. The summed E-state index contributed by atoms with van der Waals surface area (Å²) in [6.07, 6.45) is 0.805. The third-order valence-electron chi connectivity index (χ3n) is 5.04. The van der Waals surface area contributed by atoms with Crippen molar-refractivity contribution in [2.24, 2.45) is 5.92 Å². The molecule has 1 aliphatic rings. The molecule has 9 heteroatoms. The molecule has 1 heterocycles. The number of carbonyl (C=O) groups is 1. The van der Waals surface area contributed by atoms with Gasteiger partial charge in [0.05, 0.1) is 34.7 Å². The van der Waals surface area contributed by atoms with Crippen LogP contribution in [0.4, 0.5) is 0 Å². The van der Waals surface area contributed by atoms with Crippen molar-refractivity contribution in [3.8, 4) is 11.5 Å². The Hall–Kier alpha value is -2.29. The number of sulfonamides is 1. The molecule has 0 fully saturated rings. The van der Waals surface area contributed by atoms with Crippen LogP contribution in [0.2, 0.25) is 5.02 Å². The fraction of sp³-hybridized carbons (Fsp3) is 0.409. The average Bonchev–Trinajstić information content (AvgIpc) is 2.96. The molecule has 7 nitrogen and oxygen atoms in total. The van der Waals surface area contributed by atoms with E-state index in [2.05, 4.69) is 5.32 Å². The van der Waals surface area contributed by atoms with E-state index >= 15 is 0 Å². The highest BCUT2D eigenvalue weighted by molar-refractivity contribution is 7.89. The number of ether oxygens (including phenoxy) is 2. The average molecular weight is 467 g/mol. The summed E-state index contributed by atoms with van der Waals surface area (Å²) >= 11 is 6.24. The van der Waals surface area contributed by atoms with Crippen LogP contribution in [0.25, 0.3) is 0 Å². The Labute approximate surface area is 188 Å². The predicted molar refractivity (Wildman–Crippen MR) is 119 cm³/mol. The normalized spacial score (nSPS) is 14.9. The molecule has 0 aliphatic carbocycles. The molecule has 168 valence electrons. The van der Waals surface area contributed by atoms with Crippen LogP contribution in [0.15, 0.2) is 41.3 Å². The zero-order valence-electron chi connectivity index (χ0n) is 18.0. The van der Waals surface area contributed by atoms with Crippen LogP contribution >= 0.6 is 11.6 Å². The molecule has 0 spiro atoms. The maximum Gasteiger partial charge on any atom is 0.253 e. The Balaban J connectivity index is 1.91. The molecule has 0 radical (unpaired) electrons. The summed E-state index contributed by atoms with van der Waals surface area (Å²) in [7, 11) is -0.830. The van der Waals surface area contributed by atoms with Crippen LogP contribution in [0.5, 0.6) is 11.5 Å². The van der Waals surface area contributed by atoms with E-state index in [1.807, 2.05) is 32.0 Å². The van der Waals surface area contributed by atoms with Crippen LogP contribution < -0.4 is 14.8 Å². The van der Waals surface area contributed by atoms with Gasteiger partial charge in [-0.25, -0.2) is 12.7 Å². The molecule has 2 aromatic carbocycles. The number of fused-ring (bicyclic) bond motifs is 1. The molecule has 1 atom stereocenters. The Kier molecular flexibility index (Phi) is 7.13. The smallest absolute Gasteiger partial charge is 0.253 e. The summed E-state index contributed by atoms with van der Waals surface area (Å²) in [4.78, 5) is 13.1. The van der Waals surface area contributed by atoms with Gasteiger partial charge in [0.2, 0.25) is 10.0 Å². The van der Waals surface area contributed by atoms with E-state index in [1.165, 1.54) is 32.3 Å². The van der Waals surface area contributed by atoms with E-state index in [4.69, 9.17) is 21.1 Å². The van der Waals surface area contributed by atoms with Gasteiger partial charge >= 0.3 is 0 Å². The first-order valence-electron chi connectivity index (χ1n) is 10.0. The molecule has 0 aromatic heterocycles. The lowest BCUT2D eigenvalue weighted by Crippen LogP contribution is -2.32. The van der Waals surface area contributed by atoms with Gasteiger partial charge in [0.1, 0.15) is 0 Å². The quantitative estimate of drug-likeness (QED) is 0.698. The van der Waals surface area contributed by atoms with Crippen molar-refractivity contribution >= 4 is 27.5 Å². The summed E-state index contributed by atoms with van der Waals surface area (Å²) in [5.41, 5.74) is 0.963. The molecule has 3 rings (SSSR count). The van der Waals surface area contributed by atoms with Gasteiger partial charge < -0.3 is 14.8 Å². The van der Waals surface area contributed by atoms with Crippen molar-refractivity contribution in [3.05, 3.63) is 52.5 Å². The molecule has 0 saturated carbocycles. The predicted octanol–water partition coefficient (Wildman–Crippen LogP) is 3.88. The maximum atomic E-state index is 13.1. The van der Waals surface area contributed by atoms with Crippen LogP contribution in [-0.4, -0.2) is 45.9 Å². The van der Waals surface area contributed by atoms with E-state index < -0.39 is 15.9 Å². The second-order valence-corrected chi connectivity index (χ2v) is 10.4. The summed E-state index contributed by atoms with van der Waals surface area (Å²) in [5, 5.41) is 3.17. The minimum Gasteiger partial charge on any atom is -0.490 e. The lowest BCUT2D eigenvalue weighted by molar-refractivity contribution is 0.0925. The van der Waals surface area contributed by atoms with E-state index in [9.17, 15) is 13.2 Å². The molecule has 1 aliphatic heterocycles. The van der Waals surface area contributed by atoms with Gasteiger partial charge in [-0.05, 0) is 41.8 Å². The minimum absolute atomic E-state index is 0.00345. The van der Waals surface area contributed by atoms with Gasteiger partial charge in [0.15, 0.2) is 11.5 Å². The van der Waals surface area contributed by atoms with E-state index in [1.54, 1.807) is 0 Å². The number of amides is 1. The number of nitrogens with one attached hydrogen (secondary N) is 1.